The summed E-state index contributed by atoms with van der Waals surface area (Å²) in [6.07, 6.45) is 5.57. The van der Waals surface area contributed by atoms with Crippen LogP contribution in [0.15, 0.2) is 0 Å². The first-order chi connectivity index (χ1) is 6.84. The number of hydrogen-bond donors (Lipinski definition) is 0. The molecule has 0 aromatic carbocycles. The smallest absolute Gasteiger partial charge is 0.0505 e. The van der Waals surface area contributed by atoms with Crippen LogP contribution in [0, 0.1) is 11.8 Å². The number of rotatable bonds is 7. The van der Waals surface area contributed by atoms with Gasteiger partial charge in [0.05, 0.1) is 6.61 Å². The van der Waals surface area contributed by atoms with E-state index in [-0.39, 0.29) is 0 Å². The molecular weight excluding hydrogens is 192 g/mol. The standard InChI is InChI=1S/C12H24OS/c1-3-4-5-6-7-14-10-12-9-13-8-11(12)2/h11-12H,3-10H2,1-2H3. The lowest BCUT2D eigenvalue weighted by molar-refractivity contribution is 0.183. The summed E-state index contributed by atoms with van der Waals surface area (Å²) >= 11 is 2.12. The van der Waals surface area contributed by atoms with Gasteiger partial charge >= 0.3 is 0 Å². The van der Waals surface area contributed by atoms with Crippen molar-refractivity contribution in [3.05, 3.63) is 0 Å². The molecule has 1 saturated heterocycles. The zero-order valence-electron chi connectivity index (χ0n) is 9.63. The van der Waals surface area contributed by atoms with Gasteiger partial charge in [-0.25, -0.2) is 0 Å². The van der Waals surface area contributed by atoms with Gasteiger partial charge in [0.1, 0.15) is 0 Å². The maximum atomic E-state index is 5.45. The molecule has 14 heavy (non-hydrogen) atoms. The SMILES string of the molecule is CCCCCCSCC1COCC1C. The molecule has 2 heteroatoms. The van der Waals surface area contributed by atoms with Crippen molar-refractivity contribution in [2.24, 2.45) is 11.8 Å². The minimum absolute atomic E-state index is 0.790. The molecule has 0 bridgehead atoms. The fourth-order valence-electron chi connectivity index (χ4n) is 1.78. The van der Waals surface area contributed by atoms with Gasteiger partial charge in [0, 0.05) is 6.61 Å². The van der Waals surface area contributed by atoms with Crippen LogP contribution >= 0.6 is 11.8 Å². The highest BCUT2D eigenvalue weighted by molar-refractivity contribution is 7.99. The maximum Gasteiger partial charge on any atom is 0.0505 e. The van der Waals surface area contributed by atoms with Crippen LogP contribution in [0.1, 0.15) is 39.5 Å². The van der Waals surface area contributed by atoms with E-state index < -0.39 is 0 Å². The zero-order valence-corrected chi connectivity index (χ0v) is 10.4. The van der Waals surface area contributed by atoms with Gasteiger partial charge in [-0.2, -0.15) is 11.8 Å². The molecule has 0 aromatic rings. The Hall–Kier alpha value is 0.310. The first kappa shape index (κ1) is 12.4. The van der Waals surface area contributed by atoms with Crippen LogP contribution in [0.5, 0.6) is 0 Å². The van der Waals surface area contributed by atoms with Gasteiger partial charge < -0.3 is 4.74 Å². The summed E-state index contributed by atoms with van der Waals surface area (Å²) < 4.78 is 5.45. The molecule has 1 nitrogen and oxygen atoms in total. The maximum absolute atomic E-state index is 5.45. The summed E-state index contributed by atoms with van der Waals surface area (Å²) in [5.74, 6) is 4.28. The molecule has 0 amide bonds. The fraction of sp³-hybridized carbons (Fsp3) is 1.00. The number of hydrogen-bond acceptors (Lipinski definition) is 2. The summed E-state index contributed by atoms with van der Waals surface area (Å²) in [6, 6.07) is 0. The Labute approximate surface area is 93.0 Å². The summed E-state index contributed by atoms with van der Waals surface area (Å²) in [6.45, 7) is 6.57. The van der Waals surface area contributed by atoms with Crippen LogP contribution in [0.2, 0.25) is 0 Å². The number of unbranched alkanes of at least 4 members (excludes halogenated alkanes) is 3. The molecule has 0 saturated carbocycles. The van der Waals surface area contributed by atoms with Gasteiger partial charge in [0.2, 0.25) is 0 Å². The minimum atomic E-state index is 0.790. The molecule has 1 aliphatic heterocycles. The molecule has 1 aliphatic rings. The highest BCUT2D eigenvalue weighted by Crippen LogP contribution is 2.24. The molecule has 84 valence electrons. The quantitative estimate of drug-likeness (QED) is 0.602. The molecule has 0 radical (unpaired) electrons. The van der Waals surface area contributed by atoms with Gasteiger partial charge in [-0.15, -0.1) is 0 Å². The molecule has 1 rings (SSSR count). The monoisotopic (exact) mass is 216 g/mol. The first-order valence-electron chi connectivity index (χ1n) is 6.00. The van der Waals surface area contributed by atoms with E-state index in [1.165, 1.54) is 37.2 Å². The summed E-state index contributed by atoms with van der Waals surface area (Å²) in [5, 5.41) is 0. The normalized spacial score (nSPS) is 27.0. The second-order valence-corrected chi connectivity index (χ2v) is 5.56. The van der Waals surface area contributed by atoms with Crippen molar-refractivity contribution in [1.29, 1.82) is 0 Å². The summed E-state index contributed by atoms with van der Waals surface area (Å²) in [4.78, 5) is 0. The Bertz CT molecular complexity index is 138. The van der Waals surface area contributed by atoms with Crippen molar-refractivity contribution in [3.8, 4) is 0 Å². The third-order valence-electron chi connectivity index (χ3n) is 2.99. The molecule has 1 fully saturated rings. The fourth-order valence-corrected chi connectivity index (χ4v) is 3.09. The van der Waals surface area contributed by atoms with E-state index in [1.54, 1.807) is 0 Å². The summed E-state index contributed by atoms with van der Waals surface area (Å²) in [7, 11) is 0. The molecule has 0 aliphatic carbocycles. The van der Waals surface area contributed by atoms with E-state index >= 15 is 0 Å². The largest absolute Gasteiger partial charge is 0.381 e. The lowest BCUT2D eigenvalue weighted by Crippen LogP contribution is -2.11. The van der Waals surface area contributed by atoms with Crippen LogP contribution in [-0.4, -0.2) is 24.7 Å². The average molecular weight is 216 g/mol. The van der Waals surface area contributed by atoms with Crippen LogP contribution in [0.3, 0.4) is 0 Å². The molecule has 2 atom stereocenters. The van der Waals surface area contributed by atoms with E-state index in [9.17, 15) is 0 Å². The Kier molecular flexibility index (Phi) is 6.70. The van der Waals surface area contributed by atoms with Crippen molar-refractivity contribution < 1.29 is 4.74 Å². The second kappa shape index (κ2) is 7.58. The third-order valence-corrected chi connectivity index (χ3v) is 4.23. The van der Waals surface area contributed by atoms with E-state index in [0.29, 0.717) is 0 Å². The molecule has 0 aromatic heterocycles. The second-order valence-electron chi connectivity index (χ2n) is 4.41. The van der Waals surface area contributed by atoms with Gasteiger partial charge in [-0.1, -0.05) is 33.1 Å². The van der Waals surface area contributed by atoms with Crippen LogP contribution in [0.25, 0.3) is 0 Å². The van der Waals surface area contributed by atoms with Crippen molar-refractivity contribution in [2.75, 3.05) is 24.7 Å². The molecular formula is C12H24OS. The van der Waals surface area contributed by atoms with Gasteiger partial charge in [-0.05, 0) is 29.8 Å². The van der Waals surface area contributed by atoms with Gasteiger partial charge in [0.25, 0.3) is 0 Å². The molecule has 0 N–H and O–H groups in total. The van der Waals surface area contributed by atoms with E-state index in [0.717, 1.165) is 25.0 Å². The van der Waals surface area contributed by atoms with Gasteiger partial charge in [0.15, 0.2) is 0 Å². The van der Waals surface area contributed by atoms with E-state index in [2.05, 4.69) is 25.6 Å². The van der Waals surface area contributed by atoms with E-state index in [1.807, 2.05) is 0 Å². The predicted octanol–water partition coefficient (Wildman–Crippen LogP) is 3.58. The highest BCUT2D eigenvalue weighted by Gasteiger charge is 2.23. The Morgan fingerprint density at radius 3 is 2.71 bits per heavy atom. The zero-order chi connectivity index (χ0) is 10.2. The highest BCUT2D eigenvalue weighted by atomic mass is 32.2. The average Bonchev–Trinajstić information content (AvgIpc) is 2.58. The van der Waals surface area contributed by atoms with Crippen molar-refractivity contribution >= 4 is 11.8 Å². The molecule has 2 unspecified atom stereocenters. The van der Waals surface area contributed by atoms with Crippen LogP contribution < -0.4 is 0 Å². The Morgan fingerprint density at radius 2 is 2.07 bits per heavy atom. The summed E-state index contributed by atoms with van der Waals surface area (Å²) in [5.41, 5.74) is 0. The number of thioether (sulfide) groups is 1. The Morgan fingerprint density at radius 1 is 1.21 bits per heavy atom. The van der Waals surface area contributed by atoms with Crippen molar-refractivity contribution in [2.45, 2.75) is 39.5 Å². The van der Waals surface area contributed by atoms with E-state index in [4.69, 9.17) is 4.74 Å². The molecule has 1 heterocycles. The molecule has 0 spiro atoms. The van der Waals surface area contributed by atoms with Crippen LogP contribution in [-0.2, 0) is 4.74 Å². The lowest BCUT2D eigenvalue weighted by Gasteiger charge is -2.11. The third kappa shape index (κ3) is 4.70. The van der Waals surface area contributed by atoms with Gasteiger partial charge in [-0.3, -0.25) is 0 Å². The van der Waals surface area contributed by atoms with Crippen molar-refractivity contribution in [1.82, 2.24) is 0 Å². The van der Waals surface area contributed by atoms with Crippen molar-refractivity contribution in [3.63, 3.8) is 0 Å². The lowest BCUT2D eigenvalue weighted by atomic mass is 10.0. The topological polar surface area (TPSA) is 9.23 Å². The first-order valence-corrected chi connectivity index (χ1v) is 7.15. The predicted molar refractivity (Wildman–Crippen MR) is 64.9 cm³/mol. The Balaban J connectivity index is 1.88. The minimum Gasteiger partial charge on any atom is -0.381 e. The van der Waals surface area contributed by atoms with Crippen LogP contribution in [0.4, 0.5) is 0 Å². The number of ether oxygens (including phenoxy) is 1.